The molecule has 0 unspecified atom stereocenters. The standard InChI is InChI=1S/C16H25N4O3P.C16H25N4O2P.C15H22BrN4O2P.C15H22IN4O2P/c1-22-14-13(21)11(6-8-24(2,3)4)23-16(14)20-9-19-12-10(17)5-7-18-15(12)20;1-10-14(21)12(6-8-23(2,3)4)22-16(10)20-9-19-13-11(17)5-7-18-15(13)20;2*1-23(2,3)7-5-10-13(21)11(16)15(22-10)20-8-19-12-9(17)4-6-18-14(12)20/h5,7,9,11,13-14,16,21H,2,6,8H2,1,3-4H3,(H2,17,18);5,7,9-10,12,14,16,21H,2,6,8H2,1,3-4H3,(H2,17,18);2*4,6,8,10-11,13,15,21H,1,5,7H2,2-3H3,(H2,17,18)/t11-,13-,14-,16-;10-,12-,14+,16-;2*10-,11-,13-,15-/m1111/s1. The largest absolute Gasteiger partial charge is 0.397 e. The maximum absolute atomic E-state index is 10.6. The highest BCUT2D eigenvalue weighted by Gasteiger charge is 2.47. The van der Waals surface area contributed by atoms with Crippen LogP contribution in [-0.4, -0.2) is 253 Å². The molecule has 0 bridgehead atoms. The second-order valence-electron chi connectivity index (χ2n) is 27.4. The van der Waals surface area contributed by atoms with Crippen molar-refractivity contribution in [2.75, 3.05) is 108 Å². The number of anilines is 4. The molecule has 4 saturated heterocycles. The van der Waals surface area contributed by atoms with Gasteiger partial charge in [-0.1, -0.05) is 45.4 Å². The van der Waals surface area contributed by atoms with E-state index in [1.807, 2.05) is 20.6 Å². The van der Waals surface area contributed by atoms with Crippen molar-refractivity contribution >= 4 is 159 Å². The van der Waals surface area contributed by atoms with Gasteiger partial charge in [0.25, 0.3) is 0 Å². The van der Waals surface area contributed by atoms with Crippen LogP contribution in [0.2, 0.25) is 0 Å². The molecule has 0 aliphatic carbocycles. The third kappa shape index (κ3) is 17.2. The Hall–Kier alpha value is -4.27. The number of imidazole rings is 4. The van der Waals surface area contributed by atoms with Crippen LogP contribution in [0.1, 0.15) is 57.5 Å². The van der Waals surface area contributed by atoms with E-state index in [1.165, 1.54) is 0 Å². The molecule has 4 aliphatic heterocycles. The normalized spacial score (nSPS) is 28.3. The van der Waals surface area contributed by atoms with Crippen LogP contribution in [0.5, 0.6) is 0 Å². The van der Waals surface area contributed by atoms with E-state index < -0.39 is 64.3 Å². The number of ether oxygens (including phenoxy) is 5. The molecule has 25 nitrogen and oxygen atoms in total. The highest BCUT2D eigenvalue weighted by atomic mass is 127. The van der Waals surface area contributed by atoms with Crippen LogP contribution in [0.25, 0.3) is 44.7 Å². The molecule has 0 aromatic carbocycles. The topological polar surface area (TPSA) is 354 Å². The molecular formula is C62H94BrIN16O9P4. The van der Waals surface area contributed by atoms with Crippen molar-refractivity contribution in [3.63, 3.8) is 0 Å². The molecular weight excluding hydrogens is 1440 g/mol. The summed E-state index contributed by atoms with van der Waals surface area (Å²) in [7, 11) is 1.58. The minimum atomic E-state index is -1.18. The van der Waals surface area contributed by atoms with Crippen molar-refractivity contribution in [2.24, 2.45) is 5.92 Å². The van der Waals surface area contributed by atoms with E-state index in [0.29, 0.717) is 67.4 Å². The first kappa shape index (κ1) is 73.0. The van der Waals surface area contributed by atoms with Crippen LogP contribution in [0.4, 0.5) is 22.7 Å². The molecule has 4 aliphatic rings. The molecule has 16 atom stereocenters. The Morgan fingerprint density at radius 1 is 0.462 bits per heavy atom. The van der Waals surface area contributed by atoms with Gasteiger partial charge >= 0.3 is 0 Å². The Morgan fingerprint density at radius 2 is 0.753 bits per heavy atom. The molecule has 510 valence electrons. The fraction of sp³-hybridized carbons (Fsp3) is 0.548. The lowest BCUT2D eigenvalue weighted by atomic mass is 10.0. The molecule has 0 amide bonds. The van der Waals surface area contributed by atoms with Crippen LogP contribution < -0.4 is 22.9 Å². The molecule has 8 aromatic rings. The van der Waals surface area contributed by atoms with Crippen LogP contribution >= 0.6 is 66.1 Å². The first-order chi connectivity index (χ1) is 43.6. The summed E-state index contributed by atoms with van der Waals surface area (Å²) in [5.74, 6) is -0.0353. The van der Waals surface area contributed by atoms with Crippen molar-refractivity contribution in [1.82, 2.24) is 58.1 Å². The van der Waals surface area contributed by atoms with Crippen molar-refractivity contribution in [3.8, 4) is 0 Å². The lowest BCUT2D eigenvalue weighted by Gasteiger charge is -2.20. The smallest absolute Gasteiger partial charge is 0.165 e. The molecule has 0 radical (unpaired) electrons. The summed E-state index contributed by atoms with van der Waals surface area (Å²) in [6.07, 6.45) is 32.3. The predicted octanol–water partition coefficient (Wildman–Crippen LogP) is 7.70. The third-order valence-corrected chi connectivity index (χ3v) is 25.2. The zero-order chi connectivity index (χ0) is 67.8. The second kappa shape index (κ2) is 29.8. The zero-order valence-corrected chi connectivity index (χ0v) is 62.0. The molecule has 93 heavy (non-hydrogen) atoms. The SMILES string of the molecule is C=P(C)(C)CC[C@H]1O[C@@H](n2cnc3c(N)ccnc32)[C@H](Br)[C@@H]1O.C=P(C)(C)CC[C@H]1O[C@@H](n2cnc3c(N)ccnc32)[C@H](C)[C@@H]1O.C=P(C)(C)CC[C@H]1O[C@@H](n2cnc3c(N)ccnc32)[C@H](I)[C@@H]1O.C=P(C)(C)CC[C@H]1O[C@@H](n2cnc3c(N)ccnc32)[C@H](OC)[C@@H]1O. The Kier molecular flexibility index (Phi) is 23.4. The summed E-state index contributed by atoms with van der Waals surface area (Å²) in [4.78, 5) is 34.5. The molecule has 12 rings (SSSR count). The van der Waals surface area contributed by atoms with Crippen molar-refractivity contribution < 1.29 is 44.1 Å². The van der Waals surface area contributed by atoms with Gasteiger partial charge in [-0.25, -0.2) is 39.9 Å². The van der Waals surface area contributed by atoms with Gasteiger partial charge in [0.05, 0.1) is 99.5 Å². The average Bonchev–Trinajstić information content (AvgIpc) is 1.68. The summed E-state index contributed by atoms with van der Waals surface area (Å²) in [6, 6.07) is 6.89. The van der Waals surface area contributed by atoms with E-state index in [4.69, 9.17) is 46.6 Å². The minimum Gasteiger partial charge on any atom is -0.397 e. The van der Waals surface area contributed by atoms with Gasteiger partial charge in [0.2, 0.25) is 0 Å². The van der Waals surface area contributed by atoms with Crippen LogP contribution in [0, 0.1) is 5.92 Å². The van der Waals surface area contributed by atoms with E-state index in [-0.39, 0.29) is 57.8 Å². The Bertz CT molecular complexity index is 3770. The Labute approximate surface area is 566 Å². The molecule has 0 saturated carbocycles. The number of fused-ring (bicyclic) bond motifs is 4. The summed E-state index contributed by atoms with van der Waals surface area (Å²) in [5.41, 5.74) is 31.4. The van der Waals surface area contributed by atoms with Gasteiger partial charge in [0, 0.05) is 37.8 Å². The molecule has 12 heterocycles. The summed E-state index contributed by atoms with van der Waals surface area (Å²) in [5, 5.41) is 42.2. The number of nitrogens with two attached hydrogens (primary N) is 4. The number of methoxy groups -OCH3 is 1. The maximum Gasteiger partial charge on any atom is 0.165 e. The number of pyridine rings is 4. The number of aromatic nitrogens is 12. The fourth-order valence-electron chi connectivity index (χ4n) is 11.7. The first-order valence-electron chi connectivity index (χ1n) is 30.8. The Balaban J connectivity index is 0.000000146. The highest BCUT2D eigenvalue weighted by molar-refractivity contribution is 14.1. The minimum absolute atomic E-state index is 0.0353. The molecule has 8 aromatic heterocycles. The van der Waals surface area contributed by atoms with Gasteiger partial charge in [-0.05, 0) is 128 Å². The summed E-state index contributed by atoms with van der Waals surface area (Å²) in [6.45, 7) is 14.9. The van der Waals surface area contributed by atoms with Crippen molar-refractivity contribution in [3.05, 3.63) is 74.4 Å². The van der Waals surface area contributed by atoms with Crippen molar-refractivity contribution in [1.29, 1.82) is 0 Å². The number of alkyl halides is 2. The number of aliphatic hydroxyl groups is 4. The van der Waals surface area contributed by atoms with E-state index >= 15 is 0 Å². The van der Waals surface area contributed by atoms with Gasteiger partial charge in [-0.2, -0.15) is 0 Å². The van der Waals surface area contributed by atoms with Crippen molar-refractivity contribution in [2.45, 2.75) is 121 Å². The van der Waals surface area contributed by atoms with Gasteiger partial charge in [-0.3, -0.25) is 18.3 Å². The monoisotopic (exact) mass is 1540 g/mol. The number of halogens is 2. The number of hydrogen-bond donors (Lipinski definition) is 8. The van der Waals surface area contributed by atoms with E-state index in [2.05, 4.69) is 157 Å². The highest BCUT2D eigenvalue weighted by Crippen LogP contribution is 2.46. The zero-order valence-electron chi connectivity index (χ0n) is 54.7. The quantitative estimate of drug-likeness (QED) is 0.0246. The lowest BCUT2D eigenvalue weighted by molar-refractivity contribution is -0.0496. The molecule has 12 N–H and O–H groups in total. The third-order valence-electron chi connectivity index (χ3n) is 17.0. The van der Waals surface area contributed by atoms with E-state index in [9.17, 15) is 20.4 Å². The number of nitrogens with zero attached hydrogens (tertiary/aromatic N) is 12. The predicted molar refractivity (Wildman–Crippen MR) is 399 cm³/mol. The van der Waals surface area contributed by atoms with Gasteiger partial charge < -0.3 is 67.0 Å². The summed E-state index contributed by atoms with van der Waals surface area (Å²) >= 11 is 5.82. The fourth-order valence-corrected chi connectivity index (χ4v) is 17.2. The van der Waals surface area contributed by atoms with Gasteiger partial charge in [0.15, 0.2) is 41.3 Å². The molecule has 0 spiro atoms. The van der Waals surface area contributed by atoms with Crippen LogP contribution in [-0.2, 0) is 23.7 Å². The second-order valence-corrected chi connectivity index (χ2v) is 47.1. The van der Waals surface area contributed by atoms with Crippen LogP contribution in [0.15, 0.2) is 74.4 Å². The van der Waals surface area contributed by atoms with E-state index in [1.54, 1.807) is 86.0 Å². The average molecular weight is 1540 g/mol. The van der Waals surface area contributed by atoms with Gasteiger partial charge in [-0.15, -0.1) is 52.7 Å². The Morgan fingerprint density at radius 3 is 1.12 bits per heavy atom. The summed E-state index contributed by atoms with van der Waals surface area (Å²) < 4.78 is 37.4. The molecule has 4 fully saturated rings. The number of rotatable bonds is 17. The first-order valence-corrected chi connectivity index (χ1v) is 45.2. The van der Waals surface area contributed by atoms with Gasteiger partial charge in [0.1, 0.15) is 40.5 Å². The number of aliphatic hydroxyl groups excluding tert-OH is 4. The maximum atomic E-state index is 10.6. The number of nitrogen functional groups attached to an aromatic ring is 4. The van der Waals surface area contributed by atoms with E-state index in [0.717, 1.165) is 50.3 Å². The van der Waals surface area contributed by atoms with Crippen LogP contribution in [0.3, 0.4) is 0 Å². The molecule has 31 heteroatoms. The number of hydrogen-bond acceptors (Lipinski definition) is 21. The lowest BCUT2D eigenvalue weighted by Crippen LogP contribution is -2.33.